The lowest BCUT2D eigenvalue weighted by Gasteiger charge is -2.29. The van der Waals surface area contributed by atoms with Gasteiger partial charge in [-0.3, -0.25) is 9.59 Å². The van der Waals surface area contributed by atoms with Gasteiger partial charge in [0.1, 0.15) is 6.04 Å². The van der Waals surface area contributed by atoms with E-state index in [0.29, 0.717) is 27.4 Å². The van der Waals surface area contributed by atoms with Crippen LogP contribution in [-0.2, 0) is 21.9 Å². The Hall–Kier alpha value is -1.40. The van der Waals surface area contributed by atoms with E-state index in [9.17, 15) is 9.59 Å². The van der Waals surface area contributed by atoms with Gasteiger partial charge in [0.2, 0.25) is 11.8 Å². The summed E-state index contributed by atoms with van der Waals surface area (Å²) < 4.78 is 0. The molecule has 2 amide bonds. The second-order valence-electron chi connectivity index (χ2n) is 6.86. The molecule has 8 heteroatoms. The van der Waals surface area contributed by atoms with Crippen molar-refractivity contribution < 1.29 is 9.59 Å². The Kier molecular flexibility index (Phi) is 10.3. The summed E-state index contributed by atoms with van der Waals surface area (Å²) in [5, 5.41) is 4.39. The Morgan fingerprint density at radius 2 is 1.83 bits per heavy atom. The molecule has 2 aromatic rings. The topological polar surface area (TPSA) is 49.4 Å². The Morgan fingerprint density at radius 3 is 2.50 bits per heavy atom. The van der Waals surface area contributed by atoms with Gasteiger partial charge in [-0.15, -0.1) is 11.8 Å². The molecule has 162 valence electrons. The Morgan fingerprint density at radius 1 is 1.07 bits per heavy atom. The van der Waals surface area contributed by atoms with Gasteiger partial charge in [0.05, 0.1) is 15.8 Å². The average Bonchev–Trinajstić information content (AvgIpc) is 2.72. The molecule has 1 atom stereocenters. The fraction of sp³-hybridized carbons (Fsp3) is 0.364. The lowest BCUT2D eigenvalue weighted by Crippen LogP contribution is -2.48. The highest BCUT2D eigenvalue weighted by atomic mass is 35.5. The van der Waals surface area contributed by atoms with Gasteiger partial charge < -0.3 is 10.2 Å². The first-order valence-corrected chi connectivity index (χ1v) is 11.9. The monoisotopic (exact) mass is 486 g/mol. The van der Waals surface area contributed by atoms with Crippen molar-refractivity contribution in [3.63, 3.8) is 0 Å². The SMILES string of the molecule is CCCNC(=O)[C@H](C)N(Cc1ccc(Cl)c(Cl)c1)C(=O)CSCc1cccc(Cl)c1. The van der Waals surface area contributed by atoms with Crippen molar-refractivity contribution >= 4 is 58.4 Å². The smallest absolute Gasteiger partial charge is 0.242 e. The fourth-order valence-corrected chi connectivity index (χ4v) is 4.17. The highest BCUT2D eigenvalue weighted by Crippen LogP contribution is 2.24. The van der Waals surface area contributed by atoms with Crippen LogP contribution in [0.5, 0.6) is 0 Å². The zero-order valence-corrected chi connectivity index (χ0v) is 20.0. The molecule has 1 N–H and O–H groups in total. The molecule has 2 aromatic carbocycles. The van der Waals surface area contributed by atoms with E-state index < -0.39 is 6.04 Å². The lowest BCUT2D eigenvalue weighted by atomic mass is 10.1. The summed E-state index contributed by atoms with van der Waals surface area (Å²) in [4.78, 5) is 27.1. The summed E-state index contributed by atoms with van der Waals surface area (Å²) in [7, 11) is 0. The maximum absolute atomic E-state index is 13.0. The lowest BCUT2D eigenvalue weighted by molar-refractivity contribution is -0.138. The molecule has 0 heterocycles. The second kappa shape index (κ2) is 12.5. The van der Waals surface area contributed by atoms with E-state index in [4.69, 9.17) is 34.8 Å². The first-order valence-electron chi connectivity index (χ1n) is 9.65. The molecule has 4 nitrogen and oxygen atoms in total. The van der Waals surface area contributed by atoms with E-state index in [1.165, 1.54) is 11.8 Å². The van der Waals surface area contributed by atoms with E-state index in [0.717, 1.165) is 17.5 Å². The predicted octanol–water partition coefficient (Wildman–Crippen LogP) is 5.82. The number of amides is 2. The normalized spacial score (nSPS) is 11.8. The zero-order valence-electron chi connectivity index (χ0n) is 17.0. The van der Waals surface area contributed by atoms with Crippen LogP contribution in [0.2, 0.25) is 15.1 Å². The van der Waals surface area contributed by atoms with E-state index in [1.54, 1.807) is 24.0 Å². The number of thioether (sulfide) groups is 1. The molecule has 0 aliphatic heterocycles. The van der Waals surface area contributed by atoms with Gasteiger partial charge >= 0.3 is 0 Å². The summed E-state index contributed by atoms with van der Waals surface area (Å²) in [5.74, 6) is 0.611. The predicted molar refractivity (Wildman–Crippen MR) is 127 cm³/mol. The average molecular weight is 488 g/mol. The van der Waals surface area contributed by atoms with Crippen molar-refractivity contribution in [3.8, 4) is 0 Å². The van der Waals surface area contributed by atoms with E-state index >= 15 is 0 Å². The van der Waals surface area contributed by atoms with Crippen molar-refractivity contribution in [1.82, 2.24) is 10.2 Å². The Labute approximate surface area is 197 Å². The standard InChI is InChI=1S/C22H25Cl3N2O2S/c1-3-9-26-22(29)15(2)27(12-16-7-8-19(24)20(25)11-16)21(28)14-30-13-17-5-4-6-18(23)10-17/h4-8,10-11,15H,3,9,12-14H2,1-2H3,(H,26,29)/t15-/m0/s1. The number of nitrogens with one attached hydrogen (secondary N) is 1. The number of hydrogen-bond acceptors (Lipinski definition) is 3. The molecular weight excluding hydrogens is 463 g/mol. The van der Waals surface area contributed by atoms with Crippen LogP contribution in [0.4, 0.5) is 0 Å². The van der Waals surface area contributed by atoms with Gasteiger partial charge in [-0.25, -0.2) is 0 Å². The quantitative estimate of drug-likeness (QED) is 0.459. The molecule has 0 unspecified atom stereocenters. The van der Waals surface area contributed by atoms with Gasteiger partial charge in [0.25, 0.3) is 0 Å². The minimum atomic E-state index is -0.606. The Bertz CT molecular complexity index is 879. The van der Waals surface area contributed by atoms with Crippen molar-refractivity contribution in [2.45, 2.75) is 38.6 Å². The molecule has 0 aromatic heterocycles. The van der Waals surface area contributed by atoms with Gasteiger partial charge in [-0.2, -0.15) is 0 Å². The van der Waals surface area contributed by atoms with Crippen LogP contribution in [0.15, 0.2) is 42.5 Å². The van der Waals surface area contributed by atoms with Crippen LogP contribution < -0.4 is 5.32 Å². The first-order chi connectivity index (χ1) is 14.3. The second-order valence-corrected chi connectivity index (χ2v) is 9.10. The van der Waals surface area contributed by atoms with Crippen LogP contribution in [-0.4, -0.2) is 35.1 Å². The summed E-state index contributed by atoms with van der Waals surface area (Å²) in [5.41, 5.74) is 1.86. The van der Waals surface area contributed by atoms with Gasteiger partial charge in [-0.1, -0.05) is 59.9 Å². The number of carbonyl (C=O) groups excluding carboxylic acids is 2. The molecule has 0 saturated carbocycles. The van der Waals surface area contributed by atoms with Crippen LogP contribution >= 0.6 is 46.6 Å². The third-order valence-electron chi connectivity index (χ3n) is 4.44. The van der Waals surface area contributed by atoms with E-state index in [-0.39, 0.29) is 24.1 Å². The summed E-state index contributed by atoms with van der Waals surface area (Å²) in [6, 6.07) is 12.2. The molecule has 0 spiro atoms. The van der Waals surface area contributed by atoms with Gasteiger partial charge in [0.15, 0.2) is 0 Å². The molecule has 0 saturated heterocycles. The molecule has 0 aliphatic rings. The number of nitrogens with zero attached hydrogens (tertiary/aromatic N) is 1. The summed E-state index contributed by atoms with van der Waals surface area (Å²) >= 11 is 19.6. The number of carbonyl (C=O) groups is 2. The van der Waals surface area contributed by atoms with Crippen molar-refractivity contribution in [2.24, 2.45) is 0 Å². The molecule has 0 aliphatic carbocycles. The number of benzene rings is 2. The minimum absolute atomic E-state index is 0.118. The molecule has 2 rings (SSSR count). The third-order valence-corrected chi connectivity index (χ3v) is 6.40. The van der Waals surface area contributed by atoms with E-state index in [1.807, 2.05) is 37.3 Å². The molecule has 0 radical (unpaired) electrons. The molecule has 0 bridgehead atoms. The summed E-state index contributed by atoms with van der Waals surface area (Å²) in [6.45, 7) is 4.56. The van der Waals surface area contributed by atoms with Gasteiger partial charge in [0, 0.05) is 23.9 Å². The van der Waals surface area contributed by atoms with E-state index in [2.05, 4.69) is 5.32 Å². The number of hydrogen-bond donors (Lipinski definition) is 1. The molecule has 30 heavy (non-hydrogen) atoms. The van der Waals surface area contributed by atoms with Crippen LogP contribution in [0.3, 0.4) is 0 Å². The zero-order chi connectivity index (χ0) is 22.1. The van der Waals surface area contributed by atoms with Crippen LogP contribution in [0, 0.1) is 0 Å². The minimum Gasteiger partial charge on any atom is -0.354 e. The third kappa shape index (κ3) is 7.69. The fourth-order valence-electron chi connectivity index (χ4n) is 2.78. The summed E-state index contributed by atoms with van der Waals surface area (Å²) in [6.07, 6.45) is 0.828. The largest absolute Gasteiger partial charge is 0.354 e. The van der Waals surface area contributed by atoms with Crippen LogP contribution in [0.1, 0.15) is 31.4 Å². The van der Waals surface area contributed by atoms with Crippen molar-refractivity contribution in [2.75, 3.05) is 12.3 Å². The highest BCUT2D eigenvalue weighted by Gasteiger charge is 2.26. The van der Waals surface area contributed by atoms with Crippen molar-refractivity contribution in [1.29, 1.82) is 0 Å². The maximum Gasteiger partial charge on any atom is 0.242 e. The first kappa shape index (κ1) is 24.9. The Balaban J connectivity index is 2.08. The molecule has 0 fully saturated rings. The van der Waals surface area contributed by atoms with Crippen LogP contribution in [0.25, 0.3) is 0 Å². The van der Waals surface area contributed by atoms with Gasteiger partial charge in [-0.05, 0) is 48.7 Å². The number of rotatable bonds is 10. The maximum atomic E-state index is 13.0. The number of halogens is 3. The highest BCUT2D eigenvalue weighted by molar-refractivity contribution is 7.99. The van der Waals surface area contributed by atoms with Crippen molar-refractivity contribution in [3.05, 3.63) is 68.7 Å². The molecular formula is C22H25Cl3N2O2S.